The number of hydrogen-bond acceptors (Lipinski definition) is 3. The third kappa shape index (κ3) is 5.79. The van der Waals surface area contributed by atoms with E-state index >= 15 is 0 Å². The van der Waals surface area contributed by atoms with Crippen molar-refractivity contribution >= 4 is 0 Å². The zero-order chi connectivity index (χ0) is 14.1. The summed E-state index contributed by atoms with van der Waals surface area (Å²) in [5.74, 6) is 1.72. The van der Waals surface area contributed by atoms with Crippen LogP contribution in [0, 0.1) is 0 Å². The van der Waals surface area contributed by atoms with Crippen molar-refractivity contribution < 1.29 is 9.47 Å². The van der Waals surface area contributed by atoms with E-state index in [1.807, 2.05) is 31.2 Å². The molecule has 1 atom stereocenters. The maximum atomic E-state index is 5.86. The summed E-state index contributed by atoms with van der Waals surface area (Å²) in [6.45, 7) is 9.13. The van der Waals surface area contributed by atoms with Crippen LogP contribution in [0.4, 0.5) is 0 Å². The molecule has 0 saturated heterocycles. The Kier molecular flexibility index (Phi) is 7.04. The summed E-state index contributed by atoms with van der Waals surface area (Å²) in [6.07, 6.45) is 4.48. The highest BCUT2D eigenvalue weighted by atomic mass is 16.5. The molecule has 106 valence electrons. The molecule has 1 rings (SSSR count). The number of ether oxygens (including phenoxy) is 2. The molecule has 0 bridgehead atoms. The molecule has 3 heteroatoms. The summed E-state index contributed by atoms with van der Waals surface area (Å²) in [5, 5.41) is 0. The lowest BCUT2D eigenvalue weighted by Gasteiger charge is -2.14. The average molecular weight is 263 g/mol. The molecule has 0 radical (unpaired) electrons. The van der Waals surface area contributed by atoms with E-state index in [9.17, 15) is 0 Å². The van der Waals surface area contributed by atoms with E-state index in [0.29, 0.717) is 6.61 Å². The van der Waals surface area contributed by atoms with Gasteiger partial charge in [-0.25, -0.2) is 0 Å². The van der Waals surface area contributed by atoms with Crippen LogP contribution in [-0.4, -0.2) is 19.3 Å². The summed E-state index contributed by atoms with van der Waals surface area (Å²) in [7, 11) is 0. The fraction of sp³-hybridized carbons (Fsp3) is 0.500. The topological polar surface area (TPSA) is 44.5 Å². The van der Waals surface area contributed by atoms with Crippen molar-refractivity contribution in [3.8, 4) is 11.5 Å². The van der Waals surface area contributed by atoms with Crippen LogP contribution in [0.25, 0.3) is 0 Å². The molecule has 19 heavy (non-hydrogen) atoms. The Morgan fingerprint density at radius 3 is 2.74 bits per heavy atom. The minimum Gasteiger partial charge on any atom is -0.493 e. The molecule has 0 saturated carbocycles. The van der Waals surface area contributed by atoms with E-state index in [2.05, 4.69) is 13.5 Å². The molecule has 0 amide bonds. The molecule has 0 heterocycles. The molecule has 1 aromatic carbocycles. The fourth-order valence-corrected chi connectivity index (χ4v) is 1.75. The fourth-order valence-electron chi connectivity index (χ4n) is 1.75. The summed E-state index contributed by atoms with van der Waals surface area (Å²) >= 11 is 0. The maximum absolute atomic E-state index is 5.86. The standard InChI is InChI=1S/C16H25NO2/c1-4-6-10-19-16-12-15(18-9-5-2)8-7-14(16)11-13(3)17/h4,7-8,12-13H,1,5-6,9-11,17H2,2-3H3. The summed E-state index contributed by atoms with van der Waals surface area (Å²) in [5.41, 5.74) is 6.99. The normalized spacial score (nSPS) is 11.9. The number of hydrogen-bond donors (Lipinski definition) is 1. The van der Waals surface area contributed by atoms with Crippen molar-refractivity contribution in [1.29, 1.82) is 0 Å². The van der Waals surface area contributed by atoms with Crippen LogP contribution in [0.3, 0.4) is 0 Å². The minimum atomic E-state index is 0.115. The van der Waals surface area contributed by atoms with Gasteiger partial charge in [-0.3, -0.25) is 0 Å². The van der Waals surface area contributed by atoms with E-state index in [1.165, 1.54) is 0 Å². The largest absolute Gasteiger partial charge is 0.493 e. The second kappa shape index (κ2) is 8.59. The lowest BCUT2D eigenvalue weighted by molar-refractivity contribution is 0.302. The smallest absolute Gasteiger partial charge is 0.126 e. The van der Waals surface area contributed by atoms with Gasteiger partial charge >= 0.3 is 0 Å². The molecule has 0 aromatic heterocycles. The van der Waals surface area contributed by atoms with Gasteiger partial charge in [-0.15, -0.1) is 6.58 Å². The van der Waals surface area contributed by atoms with E-state index < -0.39 is 0 Å². The van der Waals surface area contributed by atoms with Crippen LogP contribution >= 0.6 is 0 Å². The average Bonchev–Trinajstić information content (AvgIpc) is 2.38. The summed E-state index contributed by atoms with van der Waals surface area (Å²) < 4.78 is 11.4. The van der Waals surface area contributed by atoms with Gasteiger partial charge in [-0.05, 0) is 37.8 Å². The zero-order valence-electron chi connectivity index (χ0n) is 12.0. The lowest BCUT2D eigenvalue weighted by atomic mass is 10.1. The van der Waals surface area contributed by atoms with Crippen molar-refractivity contribution in [1.82, 2.24) is 0 Å². The van der Waals surface area contributed by atoms with Crippen LogP contribution in [0.2, 0.25) is 0 Å². The van der Waals surface area contributed by atoms with Gasteiger partial charge in [0.05, 0.1) is 13.2 Å². The number of nitrogens with two attached hydrogens (primary N) is 1. The monoisotopic (exact) mass is 263 g/mol. The Morgan fingerprint density at radius 2 is 2.11 bits per heavy atom. The Hall–Kier alpha value is -1.48. The van der Waals surface area contributed by atoms with Gasteiger partial charge in [0.2, 0.25) is 0 Å². The minimum absolute atomic E-state index is 0.115. The van der Waals surface area contributed by atoms with Gasteiger partial charge < -0.3 is 15.2 Å². The van der Waals surface area contributed by atoms with Crippen LogP contribution < -0.4 is 15.2 Å². The van der Waals surface area contributed by atoms with Gasteiger partial charge in [-0.2, -0.15) is 0 Å². The highest BCUT2D eigenvalue weighted by Crippen LogP contribution is 2.26. The van der Waals surface area contributed by atoms with Crippen LogP contribution in [0.15, 0.2) is 30.9 Å². The zero-order valence-corrected chi connectivity index (χ0v) is 12.0. The molecule has 2 N–H and O–H groups in total. The molecule has 0 spiro atoms. The third-order valence-electron chi connectivity index (χ3n) is 2.63. The van der Waals surface area contributed by atoms with Crippen molar-refractivity contribution in [3.05, 3.63) is 36.4 Å². The molecular weight excluding hydrogens is 238 g/mol. The van der Waals surface area contributed by atoms with Crippen LogP contribution in [-0.2, 0) is 6.42 Å². The first kappa shape index (κ1) is 15.6. The highest BCUT2D eigenvalue weighted by Gasteiger charge is 2.08. The lowest BCUT2D eigenvalue weighted by Crippen LogP contribution is -2.18. The summed E-state index contributed by atoms with van der Waals surface area (Å²) in [4.78, 5) is 0. The predicted octanol–water partition coefficient (Wildman–Crippen LogP) is 3.32. The Balaban J connectivity index is 2.80. The molecule has 0 aliphatic rings. The van der Waals surface area contributed by atoms with E-state index in [4.69, 9.17) is 15.2 Å². The second-order valence-corrected chi connectivity index (χ2v) is 4.73. The van der Waals surface area contributed by atoms with E-state index in [0.717, 1.165) is 42.9 Å². The Bertz CT molecular complexity index is 388. The Morgan fingerprint density at radius 1 is 1.32 bits per heavy atom. The van der Waals surface area contributed by atoms with Crippen molar-refractivity contribution in [2.24, 2.45) is 5.73 Å². The molecule has 0 aliphatic carbocycles. The highest BCUT2D eigenvalue weighted by molar-refractivity contribution is 5.41. The van der Waals surface area contributed by atoms with Gasteiger partial charge in [0.25, 0.3) is 0 Å². The first-order chi connectivity index (χ1) is 9.17. The van der Waals surface area contributed by atoms with Crippen molar-refractivity contribution in [2.75, 3.05) is 13.2 Å². The number of benzene rings is 1. The molecular formula is C16H25NO2. The third-order valence-corrected chi connectivity index (χ3v) is 2.63. The van der Waals surface area contributed by atoms with Crippen molar-refractivity contribution in [3.63, 3.8) is 0 Å². The van der Waals surface area contributed by atoms with Crippen LogP contribution in [0.5, 0.6) is 11.5 Å². The SMILES string of the molecule is C=CCCOc1cc(OCCC)ccc1CC(C)N. The molecule has 0 fully saturated rings. The second-order valence-electron chi connectivity index (χ2n) is 4.73. The van der Waals surface area contributed by atoms with Gasteiger partial charge in [0, 0.05) is 12.1 Å². The first-order valence-electron chi connectivity index (χ1n) is 6.92. The quantitative estimate of drug-likeness (QED) is 0.549. The Labute approximate surface area is 116 Å². The number of rotatable bonds is 9. The summed E-state index contributed by atoms with van der Waals surface area (Å²) in [6, 6.07) is 6.09. The van der Waals surface area contributed by atoms with Crippen molar-refractivity contribution in [2.45, 2.75) is 39.2 Å². The first-order valence-corrected chi connectivity index (χ1v) is 6.92. The van der Waals surface area contributed by atoms with E-state index in [-0.39, 0.29) is 6.04 Å². The molecule has 0 aliphatic heterocycles. The molecule has 1 unspecified atom stereocenters. The molecule has 1 aromatic rings. The van der Waals surface area contributed by atoms with Gasteiger partial charge in [0.1, 0.15) is 11.5 Å². The predicted molar refractivity (Wildman–Crippen MR) is 79.9 cm³/mol. The van der Waals surface area contributed by atoms with Crippen LogP contribution in [0.1, 0.15) is 32.3 Å². The van der Waals surface area contributed by atoms with Gasteiger partial charge in [0.15, 0.2) is 0 Å². The maximum Gasteiger partial charge on any atom is 0.126 e. The van der Waals surface area contributed by atoms with Gasteiger partial charge in [-0.1, -0.05) is 19.1 Å². The molecule has 3 nitrogen and oxygen atoms in total. The van der Waals surface area contributed by atoms with E-state index in [1.54, 1.807) is 0 Å².